The van der Waals surface area contributed by atoms with Gasteiger partial charge in [-0.1, -0.05) is 18.5 Å². The smallest absolute Gasteiger partial charge is 0.124 e. The van der Waals surface area contributed by atoms with E-state index in [4.69, 9.17) is 16.3 Å². The number of hydrogen-bond acceptors (Lipinski definition) is 4. The Morgan fingerprint density at radius 3 is 2.94 bits per heavy atom. The van der Waals surface area contributed by atoms with E-state index in [1.807, 2.05) is 29.9 Å². The molecule has 0 fully saturated rings. The molecule has 96 valence electrons. The molecule has 0 aliphatic rings. The molecular weight excluding hydrogens is 268 g/mol. The lowest BCUT2D eigenvalue weighted by molar-refractivity contribution is 0.404. The number of benzene rings is 1. The number of nitrogens with zero attached hydrogens (tertiary/aromatic N) is 1. The largest absolute Gasteiger partial charge is 0.496 e. The number of thiazole rings is 1. The Balaban J connectivity index is 2.45. The number of methoxy groups -OCH3 is 1. The van der Waals surface area contributed by atoms with Crippen LogP contribution in [0.5, 0.6) is 5.75 Å². The van der Waals surface area contributed by atoms with Gasteiger partial charge in [0.15, 0.2) is 0 Å². The zero-order valence-electron chi connectivity index (χ0n) is 10.3. The summed E-state index contributed by atoms with van der Waals surface area (Å²) in [5, 5.41) is 4.14. The monoisotopic (exact) mass is 282 g/mol. The first-order chi connectivity index (χ1) is 8.76. The minimum absolute atomic E-state index is 0.0659. The highest BCUT2D eigenvalue weighted by molar-refractivity contribution is 7.09. The molecule has 5 heteroatoms. The summed E-state index contributed by atoms with van der Waals surface area (Å²) in [5.41, 5.74) is 2.87. The van der Waals surface area contributed by atoms with E-state index >= 15 is 0 Å². The van der Waals surface area contributed by atoms with E-state index in [1.54, 1.807) is 18.4 Å². The molecule has 0 aliphatic heterocycles. The van der Waals surface area contributed by atoms with E-state index in [0.717, 1.165) is 22.7 Å². The summed E-state index contributed by atoms with van der Waals surface area (Å²) < 4.78 is 5.41. The van der Waals surface area contributed by atoms with Gasteiger partial charge in [0.2, 0.25) is 0 Å². The maximum absolute atomic E-state index is 6.08. The standard InChI is InChI=1S/C13H15ClN2OS/c1-3-16-13(12-7-15-8-18-12)10-6-9(14)4-5-11(10)17-2/h4-8,13,16H,3H2,1-2H3. The van der Waals surface area contributed by atoms with Gasteiger partial charge in [-0.2, -0.15) is 0 Å². The van der Waals surface area contributed by atoms with Gasteiger partial charge in [0.05, 0.1) is 18.7 Å². The SMILES string of the molecule is CCNC(c1cncs1)c1cc(Cl)ccc1OC. The molecule has 0 radical (unpaired) electrons. The Bertz CT molecular complexity index is 502. The molecule has 1 aromatic heterocycles. The average molecular weight is 283 g/mol. The van der Waals surface area contributed by atoms with Crippen molar-refractivity contribution in [2.75, 3.05) is 13.7 Å². The Morgan fingerprint density at radius 1 is 1.50 bits per heavy atom. The fourth-order valence-electron chi connectivity index (χ4n) is 1.87. The fraction of sp³-hybridized carbons (Fsp3) is 0.308. The normalized spacial score (nSPS) is 12.4. The molecule has 0 aliphatic carbocycles. The van der Waals surface area contributed by atoms with E-state index in [9.17, 15) is 0 Å². The van der Waals surface area contributed by atoms with Crippen molar-refractivity contribution in [1.29, 1.82) is 0 Å². The van der Waals surface area contributed by atoms with Crippen LogP contribution in [0.4, 0.5) is 0 Å². The number of hydrogen-bond donors (Lipinski definition) is 1. The van der Waals surface area contributed by atoms with Crippen LogP contribution in [0, 0.1) is 0 Å². The van der Waals surface area contributed by atoms with Gasteiger partial charge >= 0.3 is 0 Å². The van der Waals surface area contributed by atoms with Crippen LogP contribution in [0.1, 0.15) is 23.4 Å². The molecule has 2 rings (SSSR count). The van der Waals surface area contributed by atoms with Crippen LogP contribution >= 0.6 is 22.9 Å². The van der Waals surface area contributed by atoms with Gasteiger partial charge in [-0.15, -0.1) is 11.3 Å². The summed E-state index contributed by atoms with van der Waals surface area (Å²) in [5.74, 6) is 0.832. The van der Waals surface area contributed by atoms with Crippen molar-refractivity contribution >= 4 is 22.9 Å². The van der Waals surface area contributed by atoms with Crippen molar-refractivity contribution in [1.82, 2.24) is 10.3 Å². The van der Waals surface area contributed by atoms with Gasteiger partial charge in [0, 0.05) is 21.7 Å². The summed E-state index contributed by atoms with van der Waals surface area (Å²) in [7, 11) is 1.67. The van der Waals surface area contributed by atoms with Gasteiger partial charge in [-0.05, 0) is 24.7 Å². The molecule has 0 saturated carbocycles. The highest BCUT2D eigenvalue weighted by Crippen LogP contribution is 2.33. The molecule has 0 saturated heterocycles. The van der Waals surface area contributed by atoms with Crippen LogP contribution in [-0.4, -0.2) is 18.6 Å². The predicted octanol–water partition coefficient (Wildman–Crippen LogP) is 3.50. The van der Waals surface area contributed by atoms with Crippen LogP contribution in [-0.2, 0) is 0 Å². The Hall–Kier alpha value is -1.10. The van der Waals surface area contributed by atoms with Crippen LogP contribution in [0.15, 0.2) is 29.9 Å². The van der Waals surface area contributed by atoms with Crippen molar-refractivity contribution < 1.29 is 4.74 Å². The van der Waals surface area contributed by atoms with E-state index in [0.29, 0.717) is 5.02 Å². The first-order valence-electron chi connectivity index (χ1n) is 5.71. The molecule has 1 heterocycles. The molecule has 0 spiro atoms. The molecule has 1 aromatic carbocycles. The summed E-state index contributed by atoms with van der Waals surface area (Å²) in [6, 6.07) is 5.73. The molecule has 1 unspecified atom stereocenters. The highest BCUT2D eigenvalue weighted by atomic mass is 35.5. The lowest BCUT2D eigenvalue weighted by Crippen LogP contribution is -2.21. The Kier molecular flexibility index (Phi) is 4.58. The van der Waals surface area contributed by atoms with Gasteiger partial charge in [-0.3, -0.25) is 4.98 Å². The third-order valence-corrected chi connectivity index (χ3v) is 3.72. The number of nitrogens with one attached hydrogen (secondary N) is 1. The Morgan fingerprint density at radius 2 is 2.33 bits per heavy atom. The van der Waals surface area contributed by atoms with Gasteiger partial charge in [-0.25, -0.2) is 0 Å². The van der Waals surface area contributed by atoms with Crippen LogP contribution < -0.4 is 10.1 Å². The zero-order valence-corrected chi connectivity index (χ0v) is 11.9. The van der Waals surface area contributed by atoms with Gasteiger partial charge in [0.25, 0.3) is 0 Å². The molecule has 18 heavy (non-hydrogen) atoms. The molecule has 3 nitrogen and oxygen atoms in total. The number of ether oxygens (including phenoxy) is 1. The van der Waals surface area contributed by atoms with Crippen molar-refractivity contribution in [2.24, 2.45) is 0 Å². The van der Waals surface area contributed by atoms with E-state index in [2.05, 4.69) is 17.2 Å². The lowest BCUT2D eigenvalue weighted by Gasteiger charge is -2.19. The second kappa shape index (κ2) is 6.18. The van der Waals surface area contributed by atoms with Gasteiger partial charge in [0.1, 0.15) is 5.75 Å². The molecule has 1 atom stereocenters. The maximum atomic E-state index is 6.08. The molecular formula is C13H15ClN2OS. The topological polar surface area (TPSA) is 34.2 Å². The first kappa shape index (κ1) is 13.3. The average Bonchev–Trinajstić information content (AvgIpc) is 2.89. The van der Waals surface area contributed by atoms with Crippen LogP contribution in [0.2, 0.25) is 5.02 Å². The zero-order chi connectivity index (χ0) is 13.0. The fourth-order valence-corrected chi connectivity index (χ4v) is 2.76. The minimum atomic E-state index is 0.0659. The second-order valence-electron chi connectivity index (χ2n) is 3.78. The second-order valence-corrected chi connectivity index (χ2v) is 5.14. The van der Waals surface area contributed by atoms with Crippen molar-refractivity contribution in [3.63, 3.8) is 0 Å². The third-order valence-electron chi connectivity index (χ3n) is 2.65. The maximum Gasteiger partial charge on any atom is 0.124 e. The van der Waals surface area contributed by atoms with Crippen LogP contribution in [0.25, 0.3) is 0 Å². The summed E-state index contributed by atoms with van der Waals surface area (Å²) >= 11 is 7.70. The van der Waals surface area contributed by atoms with Gasteiger partial charge < -0.3 is 10.1 Å². The van der Waals surface area contributed by atoms with E-state index in [1.165, 1.54) is 0 Å². The molecule has 0 bridgehead atoms. The number of rotatable bonds is 5. The predicted molar refractivity (Wildman–Crippen MR) is 75.6 cm³/mol. The lowest BCUT2D eigenvalue weighted by atomic mass is 10.0. The summed E-state index contributed by atoms with van der Waals surface area (Å²) in [6.45, 7) is 2.93. The Labute approximate surface area is 116 Å². The summed E-state index contributed by atoms with van der Waals surface area (Å²) in [4.78, 5) is 5.28. The van der Waals surface area contributed by atoms with Crippen molar-refractivity contribution in [2.45, 2.75) is 13.0 Å². The summed E-state index contributed by atoms with van der Waals surface area (Å²) in [6.07, 6.45) is 1.87. The van der Waals surface area contributed by atoms with Crippen LogP contribution in [0.3, 0.4) is 0 Å². The number of halogens is 1. The van der Waals surface area contributed by atoms with E-state index < -0.39 is 0 Å². The van der Waals surface area contributed by atoms with Crippen molar-refractivity contribution in [3.05, 3.63) is 45.4 Å². The van der Waals surface area contributed by atoms with E-state index in [-0.39, 0.29) is 6.04 Å². The highest BCUT2D eigenvalue weighted by Gasteiger charge is 2.19. The first-order valence-corrected chi connectivity index (χ1v) is 6.97. The number of aromatic nitrogens is 1. The molecule has 1 N–H and O–H groups in total. The molecule has 0 amide bonds. The third kappa shape index (κ3) is 2.83. The van der Waals surface area contributed by atoms with Crippen molar-refractivity contribution in [3.8, 4) is 5.75 Å². The minimum Gasteiger partial charge on any atom is -0.496 e. The quantitative estimate of drug-likeness (QED) is 0.911. The molecule has 2 aromatic rings.